The van der Waals surface area contributed by atoms with Gasteiger partial charge in [0.2, 0.25) is 5.43 Å². The summed E-state index contributed by atoms with van der Waals surface area (Å²) in [6.07, 6.45) is 1.20. The molecule has 1 heterocycles. The molecule has 5 heteroatoms. The number of fused-ring (bicyclic) bond motifs is 1. The van der Waals surface area contributed by atoms with Gasteiger partial charge in [-0.2, -0.15) is 0 Å². The molecule has 0 radical (unpaired) electrons. The van der Waals surface area contributed by atoms with Gasteiger partial charge in [0.1, 0.15) is 34.5 Å². The maximum absolute atomic E-state index is 12.6. The minimum absolute atomic E-state index is 0.00165. The van der Waals surface area contributed by atoms with Gasteiger partial charge in [-0.15, -0.1) is 0 Å². The van der Waals surface area contributed by atoms with Crippen LogP contribution in [0.4, 0.5) is 0 Å². The molecule has 0 saturated carbocycles. The molecular formula is C16H12O5. The summed E-state index contributed by atoms with van der Waals surface area (Å²) in [7, 11) is -2.69. The van der Waals surface area contributed by atoms with Gasteiger partial charge < -0.3 is 19.4 Å². The van der Waals surface area contributed by atoms with Crippen LogP contribution in [0.5, 0.6) is 17.2 Å². The standard InChI is InChI=1S/C16H12O5/c1-20-11-6-13(18)15-14(7-11)21-8-12(16(15)19)9-2-4-10(17)5-3-9/h2-8,17-18H,1H3/i1D3. The molecular weight excluding hydrogens is 272 g/mol. The molecule has 1 aromatic heterocycles. The molecule has 0 amide bonds. The first-order valence-corrected chi connectivity index (χ1v) is 6.01. The molecule has 2 aromatic carbocycles. The summed E-state index contributed by atoms with van der Waals surface area (Å²) in [5, 5.41) is 19.3. The molecule has 106 valence electrons. The molecule has 0 spiro atoms. The van der Waals surface area contributed by atoms with Crippen molar-refractivity contribution < 1.29 is 23.5 Å². The normalized spacial score (nSPS) is 13.4. The van der Waals surface area contributed by atoms with Crippen LogP contribution in [-0.2, 0) is 0 Å². The predicted molar refractivity (Wildman–Crippen MR) is 77.8 cm³/mol. The van der Waals surface area contributed by atoms with Gasteiger partial charge in [-0.1, -0.05) is 12.1 Å². The van der Waals surface area contributed by atoms with E-state index in [1.165, 1.54) is 36.6 Å². The second-order valence-corrected chi connectivity index (χ2v) is 4.44. The van der Waals surface area contributed by atoms with Crippen LogP contribution >= 0.6 is 0 Å². The number of ether oxygens (including phenoxy) is 1. The third-order valence-electron chi connectivity index (χ3n) is 3.13. The molecule has 2 N–H and O–H groups in total. The van der Waals surface area contributed by atoms with Gasteiger partial charge in [0.15, 0.2) is 0 Å². The lowest BCUT2D eigenvalue weighted by atomic mass is 10.0. The number of hydrogen-bond donors (Lipinski definition) is 2. The molecule has 0 atom stereocenters. The lowest BCUT2D eigenvalue weighted by Gasteiger charge is -2.06. The lowest BCUT2D eigenvalue weighted by molar-refractivity contribution is 0.408. The maximum atomic E-state index is 12.6. The van der Waals surface area contributed by atoms with Crippen molar-refractivity contribution in [3.63, 3.8) is 0 Å². The molecule has 0 fully saturated rings. The molecule has 0 aliphatic heterocycles. The molecule has 0 bridgehead atoms. The van der Waals surface area contributed by atoms with E-state index in [0.29, 0.717) is 5.56 Å². The van der Waals surface area contributed by atoms with Crippen LogP contribution in [0.1, 0.15) is 4.11 Å². The number of methoxy groups -OCH3 is 1. The number of hydrogen-bond acceptors (Lipinski definition) is 5. The monoisotopic (exact) mass is 287 g/mol. The van der Waals surface area contributed by atoms with Crippen molar-refractivity contribution in [2.24, 2.45) is 0 Å². The molecule has 0 saturated heterocycles. The Morgan fingerprint density at radius 3 is 2.67 bits per heavy atom. The first-order chi connectivity index (χ1) is 11.2. The highest BCUT2D eigenvalue weighted by Crippen LogP contribution is 2.30. The fraction of sp³-hybridized carbons (Fsp3) is 0.0625. The largest absolute Gasteiger partial charge is 0.508 e. The van der Waals surface area contributed by atoms with Gasteiger partial charge >= 0.3 is 0 Å². The summed E-state index contributed by atoms with van der Waals surface area (Å²) in [5.41, 5.74) is 0.217. The van der Waals surface area contributed by atoms with Crippen LogP contribution in [0.15, 0.2) is 51.9 Å². The van der Waals surface area contributed by atoms with Crippen molar-refractivity contribution in [2.45, 2.75) is 0 Å². The Balaban J connectivity index is 2.16. The Bertz CT molecular complexity index is 958. The average Bonchev–Trinajstić information content (AvgIpc) is 2.46. The molecule has 3 rings (SSSR count). The number of benzene rings is 2. The Labute approximate surface area is 123 Å². The number of aromatic hydroxyl groups is 2. The Hall–Kier alpha value is -2.95. The van der Waals surface area contributed by atoms with Crippen molar-refractivity contribution in [2.75, 3.05) is 7.04 Å². The van der Waals surface area contributed by atoms with Crippen molar-refractivity contribution >= 4 is 11.0 Å². The number of phenolic OH excluding ortho intramolecular Hbond substituents is 2. The third-order valence-corrected chi connectivity index (χ3v) is 3.13. The minimum Gasteiger partial charge on any atom is -0.508 e. The minimum atomic E-state index is -2.69. The quantitative estimate of drug-likeness (QED) is 0.757. The average molecular weight is 287 g/mol. The van der Waals surface area contributed by atoms with E-state index in [2.05, 4.69) is 0 Å². The van der Waals surface area contributed by atoms with E-state index in [0.717, 1.165) is 6.07 Å². The predicted octanol–water partition coefficient (Wildman–Crippen LogP) is 2.88. The third kappa shape index (κ3) is 2.18. The Kier molecular flexibility index (Phi) is 2.29. The summed E-state index contributed by atoms with van der Waals surface area (Å²) in [5.74, 6) is -0.528. The van der Waals surface area contributed by atoms with E-state index < -0.39 is 18.2 Å². The van der Waals surface area contributed by atoms with Crippen LogP contribution in [0.3, 0.4) is 0 Å². The summed E-state index contributed by atoms with van der Waals surface area (Å²) < 4.78 is 31.3. The zero-order valence-corrected chi connectivity index (χ0v) is 10.7. The summed E-state index contributed by atoms with van der Waals surface area (Å²) in [4.78, 5) is 12.6. The first-order valence-electron chi connectivity index (χ1n) is 7.51. The zero-order chi connectivity index (χ0) is 17.5. The van der Waals surface area contributed by atoms with Gasteiger partial charge in [0.05, 0.1) is 16.7 Å². The van der Waals surface area contributed by atoms with E-state index in [-0.39, 0.29) is 28.0 Å². The van der Waals surface area contributed by atoms with E-state index in [1.807, 2.05) is 0 Å². The highest BCUT2D eigenvalue weighted by Gasteiger charge is 2.14. The van der Waals surface area contributed by atoms with Crippen LogP contribution in [0.2, 0.25) is 0 Å². The summed E-state index contributed by atoms with van der Waals surface area (Å²) >= 11 is 0. The highest BCUT2D eigenvalue weighted by molar-refractivity contribution is 5.88. The fourth-order valence-corrected chi connectivity index (χ4v) is 2.11. The number of rotatable bonds is 2. The van der Waals surface area contributed by atoms with Crippen molar-refractivity contribution in [3.05, 3.63) is 52.9 Å². The van der Waals surface area contributed by atoms with E-state index >= 15 is 0 Å². The van der Waals surface area contributed by atoms with Gasteiger partial charge in [-0.3, -0.25) is 4.79 Å². The van der Waals surface area contributed by atoms with Gasteiger partial charge in [-0.05, 0) is 17.7 Å². The zero-order valence-electron chi connectivity index (χ0n) is 13.7. The second-order valence-electron chi connectivity index (χ2n) is 4.44. The molecule has 21 heavy (non-hydrogen) atoms. The van der Waals surface area contributed by atoms with Crippen molar-refractivity contribution in [3.8, 4) is 28.4 Å². The Morgan fingerprint density at radius 2 is 1.95 bits per heavy atom. The van der Waals surface area contributed by atoms with E-state index in [1.54, 1.807) is 0 Å². The van der Waals surface area contributed by atoms with Crippen molar-refractivity contribution in [1.82, 2.24) is 0 Å². The first kappa shape index (κ1) is 9.88. The van der Waals surface area contributed by atoms with Gasteiger partial charge in [-0.25, -0.2) is 0 Å². The van der Waals surface area contributed by atoms with Crippen LogP contribution in [0, 0.1) is 0 Å². The SMILES string of the molecule is [2H]C([2H])([2H])Oc1cc(O)c2c(=O)c(-c3ccc(O)cc3)coc2c1. The topological polar surface area (TPSA) is 79.9 Å². The molecule has 5 nitrogen and oxygen atoms in total. The fourth-order valence-electron chi connectivity index (χ4n) is 2.11. The highest BCUT2D eigenvalue weighted by atomic mass is 16.5. The Morgan fingerprint density at radius 1 is 1.19 bits per heavy atom. The summed E-state index contributed by atoms with van der Waals surface area (Å²) in [6.45, 7) is 0. The second kappa shape index (κ2) is 4.86. The van der Waals surface area contributed by atoms with Crippen LogP contribution < -0.4 is 10.2 Å². The van der Waals surface area contributed by atoms with E-state index in [9.17, 15) is 15.0 Å². The smallest absolute Gasteiger partial charge is 0.204 e. The maximum Gasteiger partial charge on any atom is 0.204 e. The lowest BCUT2D eigenvalue weighted by Crippen LogP contribution is -2.05. The molecule has 0 unspecified atom stereocenters. The molecule has 3 aromatic rings. The van der Waals surface area contributed by atoms with Gasteiger partial charge in [0.25, 0.3) is 0 Å². The van der Waals surface area contributed by atoms with Crippen molar-refractivity contribution in [1.29, 1.82) is 0 Å². The van der Waals surface area contributed by atoms with E-state index in [4.69, 9.17) is 13.3 Å². The van der Waals surface area contributed by atoms with Crippen LogP contribution in [-0.4, -0.2) is 17.3 Å². The summed E-state index contributed by atoms with van der Waals surface area (Å²) in [6, 6.07) is 8.20. The van der Waals surface area contributed by atoms with Gasteiger partial charge in [0, 0.05) is 12.1 Å². The number of phenols is 2. The molecule has 0 aliphatic carbocycles. The molecule has 0 aliphatic rings. The van der Waals surface area contributed by atoms with Crippen LogP contribution in [0.25, 0.3) is 22.1 Å².